The fourth-order valence-corrected chi connectivity index (χ4v) is 3.68. The predicted octanol–water partition coefficient (Wildman–Crippen LogP) is 4.26. The van der Waals surface area contributed by atoms with Gasteiger partial charge in [0.2, 0.25) is 0 Å². The topological polar surface area (TPSA) is 109 Å². The monoisotopic (exact) mass is 452 g/mol. The summed E-state index contributed by atoms with van der Waals surface area (Å²) in [6.07, 6.45) is 0. The maximum absolute atomic E-state index is 12.7. The Hall–Kier alpha value is -4.01. The third-order valence-electron chi connectivity index (χ3n) is 5.21. The highest BCUT2D eigenvalue weighted by atomic mass is 16.5. The number of hydrogen-bond donors (Lipinski definition) is 3. The summed E-state index contributed by atoms with van der Waals surface area (Å²) in [7, 11) is 1.55. The van der Waals surface area contributed by atoms with Crippen LogP contribution in [0.2, 0.25) is 0 Å². The lowest BCUT2D eigenvalue weighted by Gasteiger charge is -2.34. The van der Waals surface area contributed by atoms with Gasteiger partial charge in [-0.1, -0.05) is 18.2 Å². The molecular weight excluding hydrogens is 424 g/mol. The van der Waals surface area contributed by atoms with Crippen LogP contribution in [0.15, 0.2) is 59.8 Å². The lowest BCUT2D eigenvalue weighted by molar-refractivity contribution is -0.139. The zero-order chi connectivity index (χ0) is 24.0. The van der Waals surface area contributed by atoms with Gasteiger partial charge in [-0.05, 0) is 50.6 Å². The Kier molecular flexibility index (Phi) is 7.55. The van der Waals surface area contributed by atoms with E-state index in [1.165, 1.54) is 4.90 Å². The molecule has 1 atom stereocenters. The van der Waals surface area contributed by atoms with Crippen LogP contribution in [-0.2, 0) is 9.53 Å². The van der Waals surface area contributed by atoms with E-state index in [4.69, 9.17) is 9.47 Å². The van der Waals surface area contributed by atoms with Gasteiger partial charge in [0.1, 0.15) is 5.75 Å². The molecule has 0 aromatic heterocycles. The Bertz CT molecular complexity index is 1080. The molecule has 0 radical (unpaired) electrons. The first-order valence-electron chi connectivity index (χ1n) is 10.7. The quantitative estimate of drug-likeness (QED) is 0.544. The normalized spacial score (nSPS) is 15.6. The lowest BCUT2D eigenvalue weighted by atomic mass is 9.94. The number of amides is 4. The number of carbonyl (C=O) groups is 3. The van der Waals surface area contributed by atoms with Crippen LogP contribution in [0.1, 0.15) is 32.4 Å². The van der Waals surface area contributed by atoms with Crippen LogP contribution in [0.5, 0.6) is 5.75 Å². The summed E-state index contributed by atoms with van der Waals surface area (Å²) in [4.78, 5) is 39.3. The summed E-state index contributed by atoms with van der Waals surface area (Å²) < 4.78 is 10.4. The summed E-state index contributed by atoms with van der Waals surface area (Å²) in [5.74, 6) is 0.130. The molecule has 9 heteroatoms. The van der Waals surface area contributed by atoms with Gasteiger partial charge in [-0.2, -0.15) is 0 Å². The number of nitrogens with zero attached hydrogens (tertiary/aromatic N) is 1. The third kappa shape index (κ3) is 5.43. The predicted molar refractivity (Wildman–Crippen MR) is 125 cm³/mol. The van der Waals surface area contributed by atoms with Gasteiger partial charge in [0, 0.05) is 29.7 Å². The number of urea groups is 2. The van der Waals surface area contributed by atoms with Gasteiger partial charge in [-0.3, -0.25) is 4.90 Å². The number of nitrogens with one attached hydrogen (secondary N) is 3. The highest BCUT2D eigenvalue weighted by Crippen LogP contribution is 2.32. The Balaban J connectivity index is 1.84. The Labute approximate surface area is 192 Å². The zero-order valence-electron chi connectivity index (χ0n) is 19.1. The molecule has 33 heavy (non-hydrogen) atoms. The Morgan fingerprint density at radius 1 is 1.06 bits per heavy atom. The molecule has 0 saturated carbocycles. The van der Waals surface area contributed by atoms with Crippen LogP contribution in [0.3, 0.4) is 0 Å². The van der Waals surface area contributed by atoms with Gasteiger partial charge >= 0.3 is 18.0 Å². The number of ether oxygens (including phenoxy) is 2. The van der Waals surface area contributed by atoms with Crippen molar-refractivity contribution in [3.05, 3.63) is 65.4 Å². The van der Waals surface area contributed by atoms with E-state index in [1.807, 2.05) is 6.92 Å². The summed E-state index contributed by atoms with van der Waals surface area (Å²) in [6.45, 7) is 5.92. The van der Waals surface area contributed by atoms with Crippen molar-refractivity contribution in [2.75, 3.05) is 30.9 Å². The molecule has 1 unspecified atom stereocenters. The average molecular weight is 453 g/mol. The average Bonchev–Trinajstić information content (AvgIpc) is 2.79. The fourth-order valence-electron chi connectivity index (χ4n) is 3.68. The van der Waals surface area contributed by atoms with Gasteiger partial charge in [0.25, 0.3) is 0 Å². The minimum absolute atomic E-state index is 0.217. The molecule has 2 aromatic rings. The molecule has 0 bridgehead atoms. The molecule has 3 N–H and O–H groups in total. The number of hydrogen-bond acceptors (Lipinski definition) is 5. The van der Waals surface area contributed by atoms with E-state index in [-0.39, 0.29) is 12.6 Å². The van der Waals surface area contributed by atoms with Crippen molar-refractivity contribution >= 4 is 29.4 Å². The molecule has 0 saturated heterocycles. The van der Waals surface area contributed by atoms with E-state index in [0.717, 1.165) is 0 Å². The molecule has 4 amide bonds. The second-order valence-corrected chi connectivity index (χ2v) is 7.28. The molecular formula is C24H28N4O5. The number of benzene rings is 2. The molecule has 0 spiro atoms. The Morgan fingerprint density at radius 3 is 2.36 bits per heavy atom. The standard InChI is InChI=1S/C24H28N4O5/c1-5-28-15(3)20(22(29)33-6-2)21(27-24(28)31)16-9-7-10-17(13-16)25-23(30)26-18-11-8-12-19(14-18)32-4/h7-14,21H,5-6H2,1-4H3,(H,27,31)(H2,25,26,30). The van der Waals surface area contributed by atoms with Crippen molar-refractivity contribution in [2.45, 2.75) is 26.8 Å². The number of esters is 1. The van der Waals surface area contributed by atoms with Crippen molar-refractivity contribution < 1.29 is 23.9 Å². The van der Waals surface area contributed by atoms with Crippen molar-refractivity contribution in [3.8, 4) is 5.75 Å². The van der Waals surface area contributed by atoms with E-state index >= 15 is 0 Å². The lowest BCUT2D eigenvalue weighted by Crippen LogP contribution is -2.47. The smallest absolute Gasteiger partial charge is 0.338 e. The number of carbonyl (C=O) groups excluding carboxylic acids is 3. The molecule has 9 nitrogen and oxygen atoms in total. The van der Waals surface area contributed by atoms with Gasteiger partial charge in [0.05, 0.1) is 25.3 Å². The maximum atomic E-state index is 12.7. The van der Waals surface area contributed by atoms with Crippen LogP contribution in [-0.4, -0.2) is 43.2 Å². The summed E-state index contributed by atoms with van der Waals surface area (Å²) in [5, 5.41) is 8.39. The SMILES string of the molecule is CCOC(=O)C1=C(C)N(CC)C(=O)NC1c1cccc(NC(=O)Nc2cccc(OC)c2)c1. The first-order valence-corrected chi connectivity index (χ1v) is 10.7. The van der Waals surface area contributed by atoms with Crippen molar-refractivity contribution in [3.63, 3.8) is 0 Å². The van der Waals surface area contributed by atoms with Crippen LogP contribution >= 0.6 is 0 Å². The zero-order valence-corrected chi connectivity index (χ0v) is 19.1. The molecule has 1 aliphatic rings. The maximum Gasteiger partial charge on any atom is 0.338 e. The molecule has 1 aliphatic heterocycles. The second-order valence-electron chi connectivity index (χ2n) is 7.28. The highest BCUT2D eigenvalue weighted by molar-refractivity contribution is 6.00. The Morgan fingerprint density at radius 2 is 1.73 bits per heavy atom. The molecule has 174 valence electrons. The molecule has 0 fully saturated rings. The van der Waals surface area contributed by atoms with E-state index in [0.29, 0.717) is 40.5 Å². The number of anilines is 2. The minimum Gasteiger partial charge on any atom is -0.497 e. The molecule has 3 rings (SSSR count). The number of methoxy groups -OCH3 is 1. The summed E-state index contributed by atoms with van der Waals surface area (Å²) in [6, 6.07) is 12.5. The van der Waals surface area contributed by atoms with Gasteiger partial charge < -0.3 is 25.4 Å². The highest BCUT2D eigenvalue weighted by Gasteiger charge is 2.35. The molecule has 0 aliphatic carbocycles. The van der Waals surface area contributed by atoms with Crippen molar-refractivity contribution in [2.24, 2.45) is 0 Å². The summed E-state index contributed by atoms with van der Waals surface area (Å²) in [5.41, 5.74) is 2.61. The van der Waals surface area contributed by atoms with E-state index in [9.17, 15) is 14.4 Å². The second kappa shape index (κ2) is 10.5. The van der Waals surface area contributed by atoms with Crippen LogP contribution in [0.25, 0.3) is 0 Å². The molecule has 2 aromatic carbocycles. The number of allylic oxidation sites excluding steroid dienone is 1. The van der Waals surface area contributed by atoms with Crippen molar-refractivity contribution in [1.82, 2.24) is 10.2 Å². The minimum atomic E-state index is -0.706. The van der Waals surface area contributed by atoms with Crippen LogP contribution in [0, 0.1) is 0 Å². The van der Waals surface area contributed by atoms with E-state index in [1.54, 1.807) is 69.5 Å². The van der Waals surface area contributed by atoms with Crippen molar-refractivity contribution in [1.29, 1.82) is 0 Å². The third-order valence-corrected chi connectivity index (χ3v) is 5.21. The number of rotatable bonds is 7. The van der Waals surface area contributed by atoms with Crippen LogP contribution in [0.4, 0.5) is 21.0 Å². The first kappa shape index (κ1) is 23.6. The van der Waals surface area contributed by atoms with Crippen LogP contribution < -0.4 is 20.7 Å². The fraction of sp³-hybridized carbons (Fsp3) is 0.292. The largest absolute Gasteiger partial charge is 0.497 e. The van der Waals surface area contributed by atoms with E-state index in [2.05, 4.69) is 16.0 Å². The van der Waals surface area contributed by atoms with Gasteiger partial charge in [-0.15, -0.1) is 0 Å². The van der Waals surface area contributed by atoms with Gasteiger partial charge in [-0.25, -0.2) is 14.4 Å². The van der Waals surface area contributed by atoms with Gasteiger partial charge in [0.15, 0.2) is 0 Å². The first-order chi connectivity index (χ1) is 15.9. The van der Waals surface area contributed by atoms with E-state index < -0.39 is 18.0 Å². The summed E-state index contributed by atoms with van der Waals surface area (Å²) >= 11 is 0. The molecule has 1 heterocycles.